The van der Waals surface area contributed by atoms with Crippen LogP contribution in [0.4, 0.5) is 5.95 Å². The minimum absolute atomic E-state index is 0.0969. The largest absolute Gasteiger partial charge is 0.354 e. The SMILES string of the molecule is CS(=O)(=O)c1cnc(NCCc2cnc[nH]2)nc1[C@H]1CCCNC1. The van der Waals surface area contributed by atoms with Gasteiger partial charge in [0, 0.05) is 43.6 Å². The molecule has 24 heavy (non-hydrogen) atoms. The van der Waals surface area contributed by atoms with E-state index >= 15 is 0 Å². The number of hydrogen-bond acceptors (Lipinski definition) is 7. The van der Waals surface area contributed by atoms with Gasteiger partial charge in [-0.1, -0.05) is 0 Å². The molecule has 0 bridgehead atoms. The predicted molar refractivity (Wildman–Crippen MR) is 90.8 cm³/mol. The van der Waals surface area contributed by atoms with Gasteiger partial charge in [0.2, 0.25) is 5.95 Å². The minimum atomic E-state index is -3.35. The summed E-state index contributed by atoms with van der Waals surface area (Å²) >= 11 is 0. The van der Waals surface area contributed by atoms with Gasteiger partial charge in [0.15, 0.2) is 9.84 Å². The zero-order valence-electron chi connectivity index (χ0n) is 13.6. The minimum Gasteiger partial charge on any atom is -0.354 e. The van der Waals surface area contributed by atoms with Crippen molar-refractivity contribution < 1.29 is 8.42 Å². The number of nitrogens with zero attached hydrogens (tertiary/aromatic N) is 3. The van der Waals surface area contributed by atoms with Crippen LogP contribution in [0.2, 0.25) is 0 Å². The van der Waals surface area contributed by atoms with Gasteiger partial charge in [-0.2, -0.15) is 0 Å². The quantitative estimate of drug-likeness (QED) is 0.704. The number of sulfone groups is 1. The molecule has 130 valence electrons. The Hall–Kier alpha value is -2.00. The van der Waals surface area contributed by atoms with Gasteiger partial charge >= 0.3 is 0 Å². The zero-order valence-corrected chi connectivity index (χ0v) is 14.4. The Morgan fingerprint density at radius 2 is 2.25 bits per heavy atom. The van der Waals surface area contributed by atoms with Crippen LogP contribution in [0.1, 0.15) is 30.1 Å². The molecular weight excluding hydrogens is 328 g/mol. The number of anilines is 1. The summed E-state index contributed by atoms with van der Waals surface area (Å²) in [5, 5.41) is 6.46. The highest BCUT2D eigenvalue weighted by Crippen LogP contribution is 2.27. The summed E-state index contributed by atoms with van der Waals surface area (Å²) in [4.78, 5) is 15.9. The highest BCUT2D eigenvalue weighted by molar-refractivity contribution is 7.90. The summed E-state index contributed by atoms with van der Waals surface area (Å²) in [6.45, 7) is 2.35. The number of hydrogen-bond donors (Lipinski definition) is 3. The Morgan fingerprint density at radius 3 is 2.92 bits per heavy atom. The fraction of sp³-hybridized carbons (Fsp3) is 0.533. The normalized spacial score (nSPS) is 18.5. The molecule has 0 unspecified atom stereocenters. The van der Waals surface area contributed by atoms with Crippen LogP contribution in [-0.4, -0.2) is 54.2 Å². The first-order valence-corrected chi connectivity index (χ1v) is 9.92. The van der Waals surface area contributed by atoms with Gasteiger partial charge in [-0.05, 0) is 19.4 Å². The lowest BCUT2D eigenvalue weighted by molar-refractivity contribution is 0.448. The lowest BCUT2D eigenvalue weighted by Gasteiger charge is -2.24. The highest BCUT2D eigenvalue weighted by atomic mass is 32.2. The van der Waals surface area contributed by atoms with E-state index in [1.165, 1.54) is 12.5 Å². The Labute approximate surface area is 141 Å². The van der Waals surface area contributed by atoms with E-state index in [-0.39, 0.29) is 10.8 Å². The van der Waals surface area contributed by atoms with E-state index in [0.717, 1.165) is 38.0 Å². The smallest absolute Gasteiger partial charge is 0.222 e. The molecule has 1 aliphatic rings. The van der Waals surface area contributed by atoms with Gasteiger partial charge < -0.3 is 15.6 Å². The van der Waals surface area contributed by atoms with Crippen LogP contribution < -0.4 is 10.6 Å². The molecule has 9 heteroatoms. The summed E-state index contributed by atoms with van der Waals surface area (Å²) in [6.07, 6.45) is 8.75. The number of imidazole rings is 1. The molecular formula is C15H22N6O2S. The monoisotopic (exact) mass is 350 g/mol. The molecule has 1 aliphatic heterocycles. The number of piperidine rings is 1. The molecule has 3 N–H and O–H groups in total. The Kier molecular flexibility index (Phi) is 5.10. The first kappa shape index (κ1) is 16.8. The van der Waals surface area contributed by atoms with Crippen LogP contribution >= 0.6 is 0 Å². The number of H-pyrrole nitrogens is 1. The number of aromatic nitrogens is 4. The maximum atomic E-state index is 12.0. The van der Waals surface area contributed by atoms with E-state index in [1.807, 2.05) is 0 Å². The average molecular weight is 350 g/mol. The van der Waals surface area contributed by atoms with Gasteiger partial charge in [-0.25, -0.2) is 23.4 Å². The third-order valence-electron chi connectivity index (χ3n) is 4.10. The van der Waals surface area contributed by atoms with Crippen molar-refractivity contribution in [2.45, 2.75) is 30.1 Å². The topological polar surface area (TPSA) is 113 Å². The van der Waals surface area contributed by atoms with Crippen LogP contribution in [0.5, 0.6) is 0 Å². The molecule has 8 nitrogen and oxygen atoms in total. The van der Waals surface area contributed by atoms with E-state index in [0.29, 0.717) is 18.2 Å². The summed E-state index contributed by atoms with van der Waals surface area (Å²) in [5.41, 5.74) is 1.63. The second-order valence-electron chi connectivity index (χ2n) is 6.01. The van der Waals surface area contributed by atoms with Crippen molar-refractivity contribution >= 4 is 15.8 Å². The van der Waals surface area contributed by atoms with Crippen LogP contribution in [-0.2, 0) is 16.3 Å². The molecule has 0 radical (unpaired) electrons. The van der Waals surface area contributed by atoms with Crippen molar-refractivity contribution in [3.8, 4) is 0 Å². The van der Waals surface area contributed by atoms with Crippen molar-refractivity contribution in [3.63, 3.8) is 0 Å². The van der Waals surface area contributed by atoms with Gasteiger partial charge in [-0.15, -0.1) is 0 Å². The van der Waals surface area contributed by atoms with Crippen LogP contribution in [0.25, 0.3) is 0 Å². The fourth-order valence-corrected chi connectivity index (χ4v) is 3.70. The third kappa shape index (κ3) is 4.09. The van der Waals surface area contributed by atoms with Gasteiger partial charge in [-0.3, -0.25) is 0 Å². The molecule has 2 aromatic rings. The van der Waals surface area contributed by atoms with E-state index in [9.17, 15) is 8.42 Å². The van der Waals surface area contributed by atoms with E-state index in [2.05, 4.69) is 30.6 Å². The predicted octanol–water partition coefficient (Wildman–Crippen LogP) is 0.725. The van der Waals surface area contributed by atoms with Crippen LogP contribution in [0.3, 0.4) is 0 Å². The zero-order chi connectivity index (χ0) is 17.0. The molecule has 3 heterocycles. The molecule has 1 fully saturated rings. The second-order valence-corrected chi connectivity index (χ2v) is 8.00. The lowest BCUT2D eigenvalue weighted by Crippen LogP contribution is -2.30. The Morgan fingerprint density at radius 1 is 1.38 bits per heavy atom. The number of nitrogens with one attached hydrogen (secondary N) is 3. The van der Waals surface area contributed by atoms with Crippen molar-refractivity contribution in [2.75, 3.05) is 31.2 Å². The third-order valence-corrected chi connectivity index (χ3v) is 5.21. The van der Waals surface area contributed by atoms with Crippen molar-refractivity contribution in [1.82, 2.24) is 25.3 Å². The summed E-state index contributed by atoms with van der Waals surface area (Å²) in [5.74, 6) is 0.558. The van der Waals surface area contributed by atoms with Crippen LogP contribution in [0, 0.1) is 0 Å². The molecule has 1 saturated heterocycles. The fourth-order valence-electron chi connectivity index (χ4n) is 2.86. The molecule has 0 amide bonds. The number of rotatable bonds is 6. The van der Waals surface area contributed by atoms with Crippen molar-refractivity contribution in [3.05, 3.63) is 30.1 Å². The molecule has 2 aromatic heterocycles. The first-order chi connectivity index (χ1) is 11.5. The summed E-state index contributed by atoms with van der Waals surface area (Å²) in [6, 6.07) is 0. The van der Waals surface area contributed by atoms with E-state index < -0.39 is 9.84 Å². The molecule has 3 rings (SSSR count). The molecule has 1 atom stereocenters. The van der Waals surface area contributed by atoms with Gasteiger partial charge in [0.05, 0.1) is 18.2 Å². The van der Waals surface area contributed by atoms with E-state index in [1.54, 1.807) is 12.5 Å². The Balaban J connectivity index is 1.78. The lowest BCUT2D eigenvalue weighted by atomic mass is 9.96. The summed E-state index contributed by atoms with van der Waals surface area (Å²) in [7, 11) is -3.35. The molecule has 0 saturated carbocycles. The van der Waals surface area contributed by atoms with E-state index in [4.69, 9.17) is 0 Å². The second kappa shape index (κ2) is 7.27. The number of aromatic amines is 1. The van der Waals surface area contributed by atoms with Crippen molar-refractivity contribution in [1.29, 1.82) is 0 Å². The highest BCUT2D eigenvalue weighted by Gasteiger charge is 2.25. The molecule has 0 spiro atoms. The maximum Gasteiger partial charge on any atom is 0.222 e. The maximum absolute atomic E-state index is 12.0. The van der Waals surface area contributed by atoms with Gasteiger partial charge in [0.1, 0.15) is 4.90 Å². The van der Waals surface area contributed by atoms with Gasteiger partial charge in [0.25, 0.3) is 0 Å². The molecule has 0 aliphatic carbocycles. The molecule has 0 aromatic carbocycles. The first-order valence-electron chi connectivity index (χ1n) is 8.03. The van der Waals surface area contributed by atoms with Crippen LogP contribution in [0.15, 0.2) is 23.6 Å². The average Bonchev–Trinajstić information content (AvgIpc) is 3.08. The standard InChI is InChI=1S/C15H22N6O2S/c1-24(22,23)13-9-19-15(18-6-4-12-8-17-10-20-12)21-14(13)11-3-2-5-16-7-11/h8-11,16H,2-7H2,1H3,(H,17,20)(H,18,19,21)/t11-/m0/s1. The van der Waals surface area contributed by atoms with Crippen molar-refractivity contribution in [2.24, 2.45) is 0 Å². The summed E-state index contributed by atoms with van der Waals surface area (Å²) < 4.78 is 24.1. The Bertz CT molecular complexity index is 769.